The van der Waals surface area contributed by atoms with Gasteiger partial charge in [-0.25, -0.2) is 27.1 Å². The molecule has 11 heteroatoms. The van der Waals surface area contributed by atoms with E-state index in [1.54, 1.807) is 30.3 Å². The summed E-state index contributed by atoms with van der Waals surface area (Å²) in [5, 5.41) is 0. The fraction of sp³-hybridized carbons (Fsp3) is 0.522. The second-order valence-corrected chi connectivity index (χ2v) is 8.60. The first-order valence-corrected chi connectivity index (χ1v) is 12.4. The molecule has 1 aromatic heterocycles. The van der Waals surface area contributed by atoms with Gasteiger partial charge < -0.3 is 14.0 Å². The van der Waals surface area contributed by atoms with E-state index in [4.69, 9.17) is 4.74 Å². The average molecular weight is 499 g/mol. The van der Waals surface area contributed by atoms with E-state index in [9.17, 15) is 22.6 Å². The van der Waals surface area contributed by atoms with Gasteiger partial charge in [-0.15, -0.1) is 0 Å². The van der Waals surface area contributed by atoms with E-state index in [0.29, 0.717) is 6.42 Å². The maximum atomic E-state index is 12.2. The molecule has 190 valence electrons. The van der Waals surface area contributed by atoms with Crippen LogP contribution in [-0.4, -0.2) is 43.2 Å². The molecule has 2 aromatic rings. The van der Waals surface area contributed by atoms with Gasteiger partial charge in [0.1, 0.15) is 19.0 Å². The van der Waals surface area contributed by atoms with Crippen LogP contribution in [0, 0.1) is 0 Å². The molecule has 0 saturated heterocycles. The van der Waals surface area contributed by atoms with Gasteiger partial charge in [-0.1, -0.05) is 69.4 Å². The molecule has 10 nitrogen and oxygen atoms in total. The van der Waals surface area contributed by atoms with Crippen molar-refractivity contribution < 1.29 is 40.8 Å². The quantitative estimate of drug-likeness (QED) is 0.103. The molecule has 0 aliphatic carbocycles. The number of hydrogen-bond acceptors (Lipinski definition) is 8. The summed E-state index contributed by atoms with van der Waals surface area (Å²) >= 11 is 0. The van der Waals surface area contributed by atoms with Gasteiger partial charge in [0, 0.05) is 0 Å². The van der Waals surface area contributed by atoms with Crippen molar-refractivity contribution in [1.29, 1.82) is 0 Å². The molecule has 0 bridgehead atoms. The van der Waals surface area contributed by atoms with Gasteiger partial charge in [-0.2, -0.15) is 0 Å². The number of rotatable bonds is 13. The smallest absolute Gasteiger partial charge is 0.364 e. The van der Waals surface area contributed by atoms with Gasteiger partial charge in [0.2, 0.25) is 16.7 Å². The first-order valence-electron chi connectivity index (χ1n) is 11.1. The SMILES string of the molecule is CCCCCCCCOS(=O)(=O)[O-].COC(=O)[C@H](C(=O)OCc1ccccc1)n1cc[n+](C)c1. The Kier molecular flexibility index (Phi) is 13.7. The van der Waals surface area contributed by atoms with Gasteiger partial charge in [0.05, 0.1) is 20.8 Å². The predicted octanol–water partition coefficient (Wildman–Crippen LogP) is 2.59. The molecule has 1 heterocycles. The Bertz CT molecular complexity index is 960. The van der Waals surface area contributed by atoms with Crippen LogP contribution in [0.1, 0.15) is 57.1 Å². The number of nitrogens with zero attached hydrogens (tertiary/aromatic N) is 2. The zero-order valence-electron chi connectivity index (χ0n) is 19.9. The van der Waals surface area contributed by atoms with Gasteiger partial charge in [0.25, 0.3) is 6.04 Å². The normalized spacial score (nSPS) is 11.8. The average Bonchev–Trinajstić information content (AvgIpc) is 3.23. The lowest BCUT2D eigenvalue weighted by atomic mass is 10.1. The lowest BCUT2D eigenvalue weighted by molar-refractivity contribution is -0.671. The van der Waals surface area contributed by atoms with E-state index in [0.717, 1.165) is 18.4 Å². The number of carbonyl (C=O) groups is 2. The third-order valence-electron chi connectivity index (χ3n) is 4.68. The van der Waals surface area contributed by atoms with E-state index in [2.05, 4.69) is 15.8 Å². The Balaban J connectivity index is 0.000000385. The minimum absolute atomic E-state index is 0.0258. The monoisotopic (exact) mass is 498 g/mol. The number of aromatic nitrogens is 2. The van der Waals surface area contributed by atoms with Crippen LogP contribution in [0.5, 0.6) is 0 Å². The molecule has 0 fully saturated rings. The van der Waals surface area contributed by atoms with Crippen LogP contribution in [0.25, 0.3) is 0 Å². The number of esters is 2. The van der Waals surface area contributed by atoms with Crippen LogP contribution in [-0.2, 0) is 47.3 Å². The molecule has 0 amide bonds. The van der Waals surface area contributed by atoms with Crippen LogP contribution in [0.15, 0.2) is 49.1 Å². The number of carbonyl (C=O) groups excluding carboxylic acids is 2. The molecular weight excluding hydrogens is 464 g/mol. The summed E-state index contributed by atoms with van der Waals surface area (Å²) in [5.41, 5.74) is 0.854. The Morgan fingerprint density at radius 2 is 1.71 bits per heavy atom. The van der Waals surface area contributed by atoms with E-state index in [1.165, 1.54) is 30.9 Å². The number of benzene rings is 1. The Labute approximate surface area is 201 Å². The Morgan fingerprint density at radius 3 is 2.26 bits per heavy atom. The van der Waals surface area contributed by atoms with Crippen LogP contribution in [0.2, 0.25) is 0 Å². The molecule has 0 aliphatic rings. The largest absolute Gasteiger partial charge is 0.726 e. The maximum absolute atomic E-state index is 12.2. The van der Waals surface area contributed by atoms with Gasteiger partial charge in [-0.3, -0.25) is 4.18 Å². The van der Waals surface area contributed by atoms with Crippen molar-refractivity contribution in [2.75, 3.05) is 13.7 Å². The number of unbranched alkanes of at least 4 members (excludes halogenated alkanes) is 5. The van der Waals surface area contributed by atoms with Gasteiger partial charge in [0.15, 0.2) is 0 Å². The fourth-order valence-corrected chi connectivity index (χ4v) is 3.25. The van der Waals surface area contributed by atoms with Crippen molar-refractivity contribution in [3.05, 3.63) is 54.6 Å². The van der Waals surface area contributed by atoms with E-state index >= 15 is 0 Å². The zero-order valence-corrected chi connectivity index (χ0v) is 20.7. The van der Waals surface area contributed by atoms with Crippen molar-refractivity contribution in [2.45, 2.75) is 58.1 Å². The lowest BCUT2D eigenvalue weighted by Crippen LogP contribution is -2.32. The summed E-state index contributed by atoms with van der Waals surface area (Å²) in [6, 6.07) is 8.13. The summed E-state index contributed by atoms with van der Waals surface area (Å²) in [6.07, 6.45) is 11.2. The van der Waals surface area contributed by atoms with Crippen molar-refractivity contribution >= 4 is 22.3 Å². The third kappa shape index (κ3) is 12.5. The van der Waals surface area contributed by atoms with Crippen LogP contribution >= 0.6 is 0 Å². The number of imidazole rings is 1. The summed E-state index contributed by atoms with van der Waals surface area (Å²) < 4.78 is 47.1. The number of ether oxygens (including phenoxy) is 2. The van der Waals surface area contributed by atoms with Gasteiger partial charge in [-0.05, 0) is 12.0 Å². The molecule has 2 rings (SSSR count). The minimum Gasteiger partial charge on any atom is -0.726 e. The summed E-state index contributed by atoms with van der Waals surface area (Å²) in [4.78, 5) is 24.0. The number of methoxy groups -OCH3 is 1. The van der Waals surface area contributed by atoms with Crippen molar-refractivity contribution in [3.8, 4) is 0 Å². The van der Waals surface area contributed by atoms with Gasteiger partial charge >= 0.3 is 11.9 Å². The standard InChI is InChI=1S/C15H17N2O4.C8H18O4S/c1-16-8-9-17(11-16)13(14(18)20-2)15(19)21-10-12-6-4-3-5-7-12;1-2-3-4-5-6-7-8-12-13(9,10)11/h3-9,11,13H,10H2,1-2H3;2-8H2,1H3,(H,9,10,11)/q+1;/p-1/t13-;/m1./s1. The Hall–Kier alpha value is -2.76. The molecule has 0 unspecified atom stereocenters. The molecule has 1 atom stereocenters. The Morgan fingerprint density at radius 1 is 1.06 bits per heavy atom. The highest BCUT2D eigenvalue weighted by molar-refractivity contribution is 7.80. The van der Waals surface area contributed by atoms with Crippen LogP contribution in [0.4, 0.5) is 0 Å². The molecule has 0 aliphatic heterocycles. The summed E-state index contributed by atoms with van der Waals surface area (Å²) in [6.45, 7) is 2.27. The topological polar surface area (TPSA) is 128 Å². The predicted molar refractivity (Wildman–Crippen MR) is 122 cm³/mol. The molecule has 34 heavy (non-hydrogen) atoms. The maximum Gasteiger partial charge on any atom is 0.364 e. The molecule has 0 spiro atoms. The summed E-state index contributed by atoms with van der Waals surface area (Å²) in [5.74, 6) is -1.31. The number of aryl methyl sites for hydroxylation is 1. The van der Waals surface area contributed by atoms with Crippen molar-refractivity contribution in [3.63, 3.8) is 0 Å². The van der Waals surface area contributed by atoms with E-state index < -0.39 is 28.4 Å². The molecular formula is C23H34N2O8S. The van der Waals surface area contributed by atoms with E-state index in [1.807, 2.05) is 30.3 Å². The van der Waals surface area contributed by atoms with Crippen LogP contribution < -0.4 is 4.57 Å². The first-order chi connectivity index (χ1) is 16.2. The fourth-order valence-electron chi connectivity index (χ4n) is 2.92. The molecule has 0 radical (unpaired) electrons. The highest BCUT2D eigenvalue weighted by Crippen LogP contribution is 2.12. The second-order valence-electron chi connectivity index (χ2n) is 7.54. The molecule has 0 N–H and O–H groups in total. The second kappa shape index (κ2) is 16.0. The first kappa shape index (κ1) is 29.3. The summed E-state index contributed by atoms with van der Waals surface area (Å²) in [7, 11) is -1.44. The van der Waals surface area contributed by atoms with Crippen molar-refractivity contribution in [1.82, 2.24) is 4.57 Å². The third-order valence-corrected chi connectivity index (χ3v) is 5.14. The zero-order chi connectivity index (χ0) is 25.4. The van der Waals surface area contributed by atoms with E-state index in [-0.39, 0.29) is 13.2 Å². The molecule has 0 saturated carbocycles. The highest BCUT2D eigenvalue weighted by Gasteiger charge is 2.35. The van der Waals surface area contributed by atoms with Crippen LogP contribution in [0.3, 0.4) is 0 Å². The lowest BCUT2D eigenvalue weighted by Gasteiger charge is -2.11. The number of hydrogen-bond donors (Lipinski definition) is 0. The minimum atomic E-state index is -4.47. The highest BCUT2D eigenvalue weighted by atomic mass is 32.3. The molecule has 1 aromatic carbocycles. The van der Waals surface area contributed by atoms with Crippen molar-refractivity contribution in [2.24, 2.45) is 7.05 Å².